The summed E-state index contributed by atoms with van der Waals surface area (Å²) in [6, 6.07) is 10.2. The highest BCUT2D eigenvalue weighted by Crippen LogP contribution is 2.36. The molecule has 2 aromatic rings. The van der Waals surface area contributed by atoms with Gasteiger partial charge in [0.15, 0.2) is 0 Å². The lowest BCUT2D eigenvalue weighted by molar-refractivity contribution is 0.127. The van der Waals surface area contributed by atoms with Crippen LogP contribution in [0.4, 0.5) is 0 Å². The summed E-state index contributed by atoms with van der Waals surface area (Å²) in [7, 11) is 0. The molecule has 0 saturated heterocycles. The van der Waals surface area contributed by atoms with Gasteiger partial charge >= 0.3 is 0 Å². The molecule has 0 spiro atoms. The highest BCUT2D eigenvalue weighted by Gasteiger charge is 2.32. The van der Waals surface area contributed by atoms with E-state index in [9.17, 15) is 5.11 Å². The molecule has 1 aliphatic rings. The summed E-state index contributed by atoms with van der Waals surface area (Å²) in [6.45, 7) is 1.90. The second kappa shape index (κ2) is 5.35. The van der Waals surface area contributed by atoms with Crippen LogP contribution in [0.25, 0.3) is 11.0 Å². The van der Waals surface area contributed by atoms with E-state index in [0.29, 0.717) is 6.61 Å². The maximum absolute atomic E-state index is 9.56. The van der Waals surface area contributed by atoms with E-state index in [4.69, 9.17) is 4.42 Å². The predicted molar refractivity (Wildman–Crippen MR) is 75.9 cm³/mol. The molecule has 0 atom stereocenters. The minimum atomic E-state index is 0.103. The highest BCUT2D eigenvalue weighted by molar-refractivity contribution is 5.77. The molecule has 3 heteroatoms. The van der Waals surface area contributed by atoms with Gasteiger partial charge in [-0.15, -0.1) is 0 Å². The Balaban J connectivity index is 1.60. The Morgan fingerprint density at radius 1 is 1.21 bits per heavy atom. The van der Waals surface area contributed by atoms with E-state index in [-0.39, 0.29) is 5.41 Å². The molecule has 0 amide bonds. The van der Waals surface area contributed by atoms with Crippen molar-refractivity contribution in [3.05, 3.63) is 36.1 Å². The van der Waals surface area contributed by atoms with Gasteiger partial charge in [-0.3, -0.25) is 0 Å². The van der Waals surface area contributed by atoms with Gasteiger partial charge in [0, 0.05) is 24.0 Å². The molecule has 1 aromatic carbocycles. The van der Waals surface area contributed by atoms with Gasteiger partial charge in [0.1, 0.15) is 11.3 Å². The fourth-order valence-electron chi connectivity index (χ4n) is 3.09. The Kier molecular flexibility index (Phi) is 3.58. The van der Waals surface area contributed by atoms with Crippen LogP contribution in [-0.4, -0.2) is 18.3 Å². The first-order valence-electron chi connectivity index (χ1n) is 7.10. The summed E-state index contributed by atoms with van der Waals surface area (Å²) in [4.78, 5) is 0. The number of nitrogens with one attached hydrogen (secondary N) is 1. The molecule has 0 radical (unpaired) electrons. The molecule has 0 bridgehead atoms. The number of hydrogen-bond acceptors (Lipinski definition) is 3. The molecule has 0 unspecified atom stereocenters. The van der Waals surface area contributed by atoms with Crippen molar-refractivity contribution in [1.29, 1.82) is 0 Å². The van der Waals surface area contributed by atoms with Crippen molar-refractivity contribution >= 4 is 11.0 Å². The van der Waals surface area contributed by atoms with E-state index < -0.39 is 0 Å². The Morgan fingerprint density at radius 3 is 2.74 bits per heavy atom. The average molecular weight is 259 g/mol. The third-order valence-electron chi connectivity index (χ3n) is 4.28. The van der Waals surface area contributed by atoms with E-state index >= 15 is 0 Å². The van der Waals surface area contributed by atoms with Gasteiger partial charge < -0.3 is 14.8 Å². The van der Waals surface area contributed by atoms with Crippen LogP contribution in [0.3, 0.4) is 0 Å². The summed E-state index contributed by atoms with van der Waals surface area (Å²) < 4.78 is 5.77. The van der Waals surface area contributed by atoms with Crippen molar-refractivity contribution in [2.75, 3.05) is 13.2 Å². The Morgan fingerprint density at radius 2 is 2.00 bits per heavy atom. The summed E-state index contributed by atoms with van der Waals surface area (Å²) in [5, 5.41) is 14.2. The van der Waals surface area contributed by atoms with Crippen LogP contribution >= 0.6 is 0 Å². The zero-order chi connectivity index (χ0) is 13.1. The Hall–Kier alpha value is -1.32. The lowest BCUT2D eigenvalue weighted by Gasteiger charge is -2.26. The zero-order valence-electron chi connectivity index (χ0n) is 11.2. The van der Waals surface area contributed by atoms with Crippen LogP contribution in [0.2, 0.25) is 0 Å². The molecular formula is C16H21NO2. The van der Waals surface area contributed by atoms with Gasteiger partial charge in [0.05, 0.1) is 6.54 Å². The van der Waals surface area contributed by atoms with Crippen molar-refractivity contribution in [1.82, 2.24) is 5.32 Å². The fourth-order valence-corrected chi connectivity index (χ4v) is 3.09. The lowest BCUT2D eigenvalue weighted by atomic mass is 9.87. The summed E-state index contributed by atoms with van der Waals surface area (Å²) in [6.07, 6.45) is 4.76. The van der Waals surface area contributed by atoms with Gasteiger partial charge in [0.25, 0.3) is 0 Å². The van der Waals surface area contributed by atoms with Crippen molar-refractivity contribution < 1.29 is 9.52 Å². The number of para-hydroxylation sites is 1. The van der Waals surface area contributed by atoms with Crippen LogP contribution < -0.4 is 5.32 Å². The topological polar surface area (TPSA) is 45.4 Å². The summed E-state index contributed by atoms with van der Waals surface area (Å²) in [5.41, 5.74) is 1.04. The standard InChI is InChI=1S/C16H21NO2/c18-12-16(7-3-4-8-16)11-17-10-14-9-13-5-1-2-6-15(13)19-14/h1-2,5-6,9,17-18H,3-4,7-8,10-12H2. The van der Waals surface area contributed by atoms with Crippen molar-refractivity contribution in [3.63, 3.8) is 0 Å². The van der Waals surface area contributed by atoms with E-state index in [1.54, 1.807) is 0 Å². The number of hydrogen-bond donors (Lipinski definition) is 2. The maximum Gasteiger partial charge on any atom is 0.134 e. The molecule has 1 aromatic heterocycles. The van der Waals surface area contributed by atoms with Crippen LogP contribution in [0.5, 0.6) is 0 Å². The Labute approximate surface area is 113 Å². The van der Waals surface area contributed by atoms with Gasteiger partial charge in [-0.05, 0) is 25.0 Å². The third-order valence-corrected chi connectivity index (χ3v) is 4.28. The molecule has 102 valence electrons. The van der Waals surface area contributed by atoms with Crippen LogP contribution in [0, 0.1) is 5.41 Å². The quantitative estimate of drug-likeness (QED) is 0.867. The van der Waals surface area contributed by atoms with E-state index in [0.717, 1.165) is 42.7 Å². The fraction of sp³-hybridized carbons (Fsp3) is 0.500. The number of benzene rings is 1. The molecular weight excluding hydrogens is 238 g/mol. The van der Waals surface area contributed by atoms with Crippen molar-refractivity contribution in [2.45, 2.75) is 32.2 Å². The molecule has 1 heterocycles. The largest absolute Gasteiger partial charge is 0.460 e. The SMILES string of the molecule is OCC1(CNCc2cc3ccccc3o2)CCCC1. The Bertz CT molecular complexity index is 507. The normalized spacial score (nSPS) is 18.2. The van der Waals surface area contributed by atoms with Gasteiger partial charge in [-0.2, -0.15) is 0 Å². The van der Waals surface area contributed by atoms with E-state index in [1.165, 1.54) is 12.8 Å². The number of aliphatic hydroxyl groups excluding tert-OH is 1. The first-order valence-corrected chi connectivity index (χ1v) is 7.10. The number of aliphatic hydroxyl groups is 1. The zero-order valence-corrected chi connectivity index (χ0v) is 11.2. The molecule has 1 fully saturated rings. The molecule has 3 nitrogen and oxygen atoms in total. The lowest BCUT2D eigenvalue weighted by Crippen LogP contribution is -2.34. The minimum Gasteiger partial charge on any atom is -0.460 e. The smallest absolute Gasteiger partial charge is 0.134 e. The second-order valence-electron chi connectivity index (χ2n) is 5.72. The minimum absolute atomic E-state index is 0.103. The maximum atomic E-state index is 9.56. The first kappa shape index (κ1) is 12.7. The number of fused-ring (bicyclic) bond motifs is 1. The number of furan rings is 1. The third kappa shape index (κ3) is 2.67. The van der Waals surface area contributed by atoms with Gasteiger partial charge in [0.2, 0.25) is 0 Å². The van der Waals surface area contributed by atoms with Crippen LogP contribution in [0.1, 0.15) is 31.4 Å². The molecule has 1 saturated carbocycles. The van der Waals surface area contributed by atoms with Crippen LogP contribution in [0.15, 0.2) is 34.7 Å². The van der Waals surface area contributed by atoms with E-state index in [1.807, 2.05) is 18.2 Å². The molecule has 2 N–H and O–H groups in total. The monoisotopic (exact) mass is 259 g/mol. The molecule has 3 rings (SSSR count). The van der Waals surface area contributed by atoms with Crippen LogP contribution in [-0.2, 0) is 6.54 Å². The first-order chi connectivity index (χ1) is 9.31. The molecule has 1 aliphatic carbocycles. The summed E-state index contributed by atoms with van der Waals surface area (Å²) in [5.74, 6) is 0.965. The van der Waals surface area contributed by atoms with Crippen molar-refractivity contribution in [2.24, 2.45) is 5.41 Å². The van der Waals surface area contributed by atoms with Crippen molar-refractivity contribution in [3.8, 4) is 0 Å². The average Bonchev–Trinajstić information content (AvgIpc) is 3.05. The van der Waals surface area contributed by atoms with E-state index in [2.05, 4.69) is 17.4 Å². The van der Waals surface area contributed by atoms with Gasteiger partial charge in [-0.1, -0.05) is 31.0 Å². The number of rotatable bonds is 5. The van der Waals surface area contributed by atoms with Gasteiger partial charge in [-0.25, -0.2) is 0 Å². The molecule has 0 aliphatic heterocycles. The summed E-state index contributed by atoms with van der Waals surface area (Å²) >= 11 is 0. The highest BCUT2D eigenvalue weighted by atomic mass is 16.3. The second-order valence-corrected chi connectivity index (χ2v) is 5.72. The predicted octanol–water partition coefficient (Wildman–Crippen LogP) is 3.08. The molecule has 19 heavy (non-hydrogen) atoms.